The molecule has 7 heteroatoms. The quantitative estimate of drug-likeness (QED) is 0.818. The standard InChI is InChI=1S/C20H22N2O5/c1-26-18(23)13-14-6-4-7-15(12-14)21-19(24)16-8-2-3-10-22(16)20(25)17-9-5-11-27-17/h4-7,9,11-12,16H,2-3,8,10,13H2,1H3,(H,21,24)/t16-/m1/s1. The lowest BCUT2D eigenvalue weighted by molar-refractivity contribution is -0.139. The van der Waals surface area contributed by atoms with Crippen LogP contribution >= 0.6 is 0 Å². The molecule has 3 rings (SSSR count). The highest BCUT2D eigenvalue weighted by Crippen LogP contribution is 2.22. The van der Waals surface area contributed by atoms with Crippen LogP contribution in [0.15, 0.2) is 47.1 Å². The van der Waals surface area contributed by atoms with Crippen LogP contribution in [0.3, 0.4) is 0 Å². The fourth-order valence-corrected chi connectivity index (χ4v) is 3.21. The van der Waals surface area contributed by atoms with Crippen LogP contribution in [-0.2, 0) is 20.7 Å². The van der Waals surface area contributed by atoms with Gasteiger partial charge in [0.05, 0.1) is 19.8 Å². The van der Waals surface area contributed by atoms with E-state index in [2.05, 4.69) is 10.1 Å². The number of esters is 1. The number of hydrogen-bond acceptors (Lipinski definition) is 5. The SMILES string of the molecule is COC(=O)Cc1cccc(NC(=O)[C@H]2CCCCN2C(=O)c2ccco2)c1. The van der Waals surface area contributed by atoms with E-state index < -0.39 is 6.04 Å². The van der Waals surface area contributed by atoms with Crippen molar-refractivity contribution in [3.63, 3.8) is 0 Å². The van der Waals surface area contributed by atoms with E-state index in [9.17, 15) is 14.4 Å². The summed E-state index contributed by atoms with van der Waals surface area (Å²) in [6, 6.07) is 9.73. The molecule has 142 valence electrons. The molecule has 1 aliphatic heterocycles. The van der Waals surface area contributed by atoms with Crippen molar-refractivity contribution in [1.82, 2.24) is 4.90 Å². The summed E-state index contributed by atoms with van der Waals surface area (Å²) in [4.78, 5) is 38.4. The summed E-state index contributed by atoms with van der Waals surface area (Å²) in [5.74, 6) is -0.639. The summed E-state index contributed by atoms with van der Waals surface area (Å²) in [6.07, 6.45) is 3.90. The van der Waals surface area contributed by atoms with Gasteiger partial charge in [-0.2, -0.15) is 0 Å². The maximum absolute atomic E-state index is 12.8. The number of carbonyl (C=O) groups is 3. The zero-order chi connectivity index (χ0) is 19.2. The zero-order valence-corrected chi connectivity index (χ0v) is 15.1. The smallest absolute Gasteiger partial charge is 0.309 e. The van der Waals surface area contributed by atoms with Crippen molar-refractivity contribution in [2.24, 2.45) is 0 Å². The number of rotatable bonds is 5. The van der Waals surface area contributed by atoms with Crippen molar-refractivity contribution in [2.45, 2.75) is 31.7 Å². The van der Waals surface area contributed by atoms with Gasteiger partial charge >= 0.3 is 5.97 Å². The molecular weight excluding hydrogens is 348 g/mol. The monoisotopic (exact) mass is 370 g/mol. The Labute approximate surface area is 157 Å². The minimum atomic E-state index is -0.555. The number of likely N-dealkylation sites (tertiary alicyclic amines) is 1. The van der Waals surface area contributed by atoms with E-state index in [1.165, 1.54) is 13.4 Å². The van der Waals surface area contributed by atoms with Crippen molar-refractivity contribution < 1.29 is 23.5 Å². The third-order valence-electron chi connectivity index (χ3n) is 4.57. The molecule has 2 amide bonds. The number of nitrogens with one attached hydrogen (secondary N) is 1. The van der Waals surface area contributed by atoms with E-state index in [0.29, 0.717) is 18.7 Å². The summed E-state index contributed by atoms with van der Waals surface area (Å²) in [7, 11) is 1.33. The molecule has 1 aromatic heterocycles. The van der Waals surface area contributed by atoms with Crippen LogP contribution in [0.4, 0.5) is 5.69 Å². The Morgan fingerprint density at radius 3 is 2.81 bits per heavy atom. The second-order valence-corrected chi connectivity index (χ2v) is 6.43. The topological polar surface area (TPSA) is 88.9 Å². The van der Waals surface area contributed by atoms with Crippen molar-refractivity contribution in [2.75, 3.05) is 19.0 Å². The lowest BCUT2D eigenvalue weighted by atomic mass is 10.0. The molecule has 1 aliphatic rings. The van der Waals surface area contributed by atoms with Gasteiger partial charge in [-0.15, -0.1) is 0 Å². The van der Waals surface area contributed by atoms with Gasteiger partial charge in [0.15, 0.2) is 5.76 Å². The van der Waals surface area contributed by atoms with Gasteiger partial charge in [-0.25, -0.2) is 0 Å². The van der Waals surface area contributed by atoms with Crippen LogP contribution in [0, 0.1) is 0 Å². The number of hydrogen-bond donors (Lipinski definition) is 1. The number of benzene rings is 1. The number of amides is 2. The highest BCUT2D eigenvalue weighted by molar-refractivity contribution is 6.00. The van der Waals surface area contributed by atoms with Gasteiger partial charge in [0, 0.05) is 12.2 Å². The van der Waals surface area contributed by atoms with E-state index in [0.717, 1.165) is 18.4 Å². The van der Waals surface area contributed by atoms with Crippen molar-refractivity contribution in [1.29, 1.82) is 0 Å². The highest BCUT2D eigenvalue weighted by Gasteiger charge is 2.33. The Morgan fingerprint density at radius 1 is 1.22 bits per heavy atom. The number of carbonyl (C=O) groups excluding carboxylic acids is 3. The van der Waals surface area contributed by atoms with Gasteiger partial charge in [0.1, 0.15) is 6.04 Å². The van der Waals surface area contributed by atoms with E-state index in [1.54, 1.807) is 41.3 Å². The van der Waals surface area contributed by atoms with Gasteiger partial charge in [0.2, 0.25) is 5.91 Å². The Bertz CT molecular complexity index is 816. The third kappa shape index (κ3) is 4.55. The number of anilines is 1. The fraction of sp³-hybridized carbons (Fsp3) is 0.350. The van der Waals surface area contributed by atoms with Gasteiger partial charge in [-0.3, -0.25) is 14.4 Å². The summed E-state index contributed by atoms with van der Waals surface area (Å²) in [5, 5.41) is 2.86. The highest BCUT2D eigenvalue weighted by atomic mass is 16.5. The molecule has 1 saturated heterocycles. The summed E-state index contributed by atoms with van der Waals surface area (Å²) >= 11 is 0. The fourth-order valence-electron chi connectivity index (χ4n) is 3.21. The number of piperidine rings is 1. The molecule has 1 aromatic carbocycles. The van der Waals surface area contributed by atoms with Crippen LogP contribution in [0.2, 0.25) is 0 Å². The lowest BCUT2D eigenvalue weighted by Crippen LogP contribution is -2.49. The summed E-state index contributed by atoms with van der Waals surface area (Å²) in [6.45, 7) is 0.514. The first kappa shape index (κ1) is 18.7. The van der Waals surface area contributed by atoms with Crippen LogP contribution in [-0.4, -0.2) is 42.4 Å². The average Bonchev–Trinajstić information content (AvgIpc) is 3.22. The van der Waals surface area contributed by atoms with Crippen LogP contribution in [0.1, 0.15) is 35.4 Å². The second-order valence-electron chi connectivity index (χ2n) is 6.43. The molecule has 1 N–H and O–H groups in total. The average molecular weight is 370 g/mol. The van der Waals surface area contributed by atoms with Crippen molar-refractivity contribution >= 4 is 23.5 Å². The molecule has 0 bridgehead atoms. The maximum atomic E-state index is 12.8. The van der Waals surface area contributed by atoms with Crippen molar-refractivity contribution in [3.05, 3.63) is 54.0 Å². The minimum Gasteiger partial charge on any atom is -0.469 e. The molecule has 0 saturated carbocycles. The number of furan rings is 1. The first-order valence-electron chi connectivity index (χ1n) is 8.89. The molecule has 1 fully saturated rings. The Morgan fingerprint density at radius 2 is 2.07 bits per heavy atom. The van der Waals surface area contributed by atoms with E-state index in [1.807, 2.05) is 0 Å². The van der Waals surface area contributed by atoms with Crippen LogP contribution in [0.25, 0.3) is 0 Å². The minimum absolute atomic E-state index is 0.132. The molecule has 0 radical (unpaired) electrons. The van der Waals surface area contributed by atoms with Crippen LogP contribution < -0.4 is 5.32 Å². The zero-order valence-electron chi connectivity index (χ0n) is 15.1. The predicted molar refractivity (Wildman–Crippen MR) is 98.2 cm³/mol. The van der Waals surface area contributed by atoms with E-state index in [-0.39, 0.29) is 30.0 Å². The third-order valence-corrected chi connectivity index (χ3v) is 4.57. The Kier molecular flexibility index (Phi) is 5.90. The molecule has 27 heavy (non-hydrogen) atoms. The molecule has 1 atom stereocenters. The van der Waals surface area contributed by atoms with Gasteiger partial charge < -0.3 is 19.4 Å². The van der Waals surface area contributed by atoms with Gasteiger partial charge in [-0.1, -0.05) is 12.1 Å². The molecule has 2 aromatic rings. The molecule has 0 aliphatic carbocycles. The molecule has 7 nitrogen and oxygen atoms in total. The van der Waals surface area contributed by atoms with E-state index in [4.69, 9.17) is 4.42 Å². The lowest BCUT2D eigenvalue weighted by Gasteiger charge is -2.34. The first-order chi connectivity index (χ1) is 13.1. The van der Waals surface area contributed by atoms with Gasteiger partial charge in [-0.05, 0) is 49.1 Å². The molecule has 0 unspecified atom stereocenters. The maximum Gasteiger partial charge on any atom is 0.309 e. The number of methoxy groups -OCH3 is 1. The predicted octanol–water partition coefficient (Wildman–Crippen LogP) is 2.63. The summed E-state index contributed by atoms with van der Waals surface area (Å²) < 4.78 is 9.86. The second kappa shape index (κ2) is 8.53. The first-order valence-corrected chi connectivity index (χ1v) is 8.89. The number of nitrogens with zero attached hydrogens (tertiary/aromatic N) is 1. The van der Waals surface area contributed by atoms with Gasteiger partial charge in [0.25, 0.3) is 5.91 Å². The summed E-state index contributed by atoms with van der Waals surface area (Å²) in [5.41, 5.74) is 1.32. The van der Waals surface area contributed by atoms with Crippen LogP contribution in [0.5, 0.6) is 0 Å². The molecular formula is C20H22N2O5. The molecule has 0 spiro atoms. The Balaban J connectivity index is 1.71. The van der Waals surface area contributed by atoms with Crippen molar-refractivity contribution in [3.8, 4) is 0 Å². The normalized spacial score (nSPS) is 16.6. The molecule has 2 heterocycles. The van der Waals surface area contributed by atoms with E-state index >= 15 is 0 Å². The largest absolute Gasteiger partial charge is 0.469 e. The number of ether oxygens (including phenoxy) is 1. The Hall–Kier alpha value is -3.09.